The Morgan fingerprint density at radius 1 is 1.36 bits per heavy atom. The van der Waals surface area contributed by atoms with Crippen molar-refractivity contribution in [2.24, 2.45) is 0 Å². The van der Waals surface area contributed by atoms with Crippen LogP contribution in [-0.2, 0) is 9.84 Å². The summed E-state index contributed by atoms with van der Waals surface area (Å²) in [4.78, 5) is 0. The van der Waals surface area contributed by atoms with E-state index in [-0.39, 0.29) is 11.0 Å². The highest BCUT2D eigenvalue weighted by molar-refractivity contribution is 7.92. The summed E-state index contributed by atoms with van der Waals surface area (Å²) in [6.07, 6.45) is 3.50. The van der Waals surface area contributed by atoms with Gasteiger partial charge in [-0.15, -0.1) is 0 Å². The van der Waals surface area contributed by atoms with Gasteiger partial charge in [-0.25, -0.2) is 8.42 Å². The van der Waals surface area contributed by atoms with Gasteiger partial charge in [0, 0.05) is 0 Å². The van der Waals surface area contributed by atoms with E-state index < -0.39 is 9.84 Å². The van der Waals surface area contributed by atoms with E-state index in [0.29, 0.717) is 0 Å². The highest BCUT2D eigenvalue weighted by Crippen LogP contribution is 2.24. The summed E-state index contributed by atoms with van der Waals surface area (Å²) in [6.45, 7) is 0. The highest BCUT2D eigenvalue weighted by atomic mass is 32.2. The van der Waals surface area contributed by atoms with Crippen LogP contribution in [0.1, 0.15) is 25.7 Å². The third kappa shape index (κ3) is 1.93. The zero-order chi connectivity index (χ0) is 8.32. The Balaban J connectivity index is 2.65. The lowest BCUT2D eigenvalue weighted by atomic mass is 10.4. The zero-order valence-electron chi connectivity index (χ0n) is 6.28. The summed E-state index contributed by atoms with van der Waals surface area (Å²) >= 11 is 0. The van der Waals surface area contributed by atoms with Gasteiger partial charge in [-0.1, -0.05) is 12.8 Å². The number of sulfone groups is 1. The van der Waals surface area contributed by atoms with Crippen molar-refractivity contribution in [3.8, 4) is 6.07 Å². The second-order valence-electron chi connectivity index (χ2n) is 2.87. The molecule has 0 aromatic heterocycles. The lowest BCUT2D eigenvalue weighted by molar-refractivity contribution is 0.583. The van der Waals surface area contributed by atoms with Crippen LogP contribution >= 0.6 is 0 Å². The molecule has 0 atom stereocenters. The zero-order valence-corrected chi connectivity index (χ0v) is 7.10. The molecule has 1 rings (SSSR count). The van der Waals surface area contributed by atoms with Gasteiger partial charge >= 0.3 is 0 Å². The van der Waals surface area contributed by atoms with Crippen LogP contribution in [0.2, 0.25) is 0 Å². The molecule has 0 aliphatic heterocycles. The van der Waals surface area contributed by atoms with Crippen LogP contribution in [0.4, 0.5) is 0 Å². The van der Waals surface area contributed by atoms with Crippen LogP contribution in [0.25, 0.3) is 0 Å². The van der Waals surface area contributed by atoms with Gasteiger partial charge in [0.15, 0.2) is 9.84 Å². The molecule has 0 heterocycles. The van der Waals surface area contributed by atoms with Gasteiger partial charge in [0.05, 0.1) is 11.3 Å². The highest BCUT2D eigenvalue weighted by Gasteiger charge is 2.27. The van der Waals surface area contributed by atoms with Gasteiger partial charge < -0.3 is 0 Å². The minimum Gasteiger partial charge on any atom is -0.227 e. The van der Waals surface area contributed by atoms with Crippen molar-refractivity contribution in [2.75, 3.05) is 5.75 Å². The molecular weight excluding hydrogens is 162 g/mol. The fourth-order valence-corrected chi connectivity index (χ4v) is 2.92. The Kier molecular flexibility index (Phi) is 2.50. The maximum absolute atomic E-state index is 11.2. The molecule has 11 heavy (non-hydrogen) atoms. The lowest BCUT2D eigenvalue weighted by Gasteiger charge is -2.05. The summed E-state index contributed by atoms with van der Waals surface area (Å²) < 4.78 is 22.4. The molecule has 1 fully saturated rings. The van der Waals surface area contributed by atoms with Gasteiger partial charge in [-0.2, -0.15) is 5.26 Å². The molecule has 3 nitrogen and oxygen atoms in total. The standard InChI is InChI=1S/C7H11NO2S/c8-5-6-11(9,10)7-3-1-2-4-7/h7H,1-4,6H2. The van der Waals surface area contributed by atoms with Crippen molar-refractivity contribution < 1.29 is 8.42 Å². The molecule has 1 saturated carbocycles. The van der Waals surface area contributed by atoms with E-state index in [1.165, 1.54) is 0 Å². The fourth-order valence-electron chi connectivity index (χ4n) is 1.46. The van der Waals surface area contributed by atoms with E-state index in [1.54, 1.807) is 6.07 Å². The Morgan fingerprint density at radius 3 is 2.36 bits per heavy atom. The molecule has 62 valence electrons. The van der Waals surface area contributed by atoms with E-state index in [0.717, 1.165) is 25.7 Å². The average molecular weight is 173 g/mol. The monoisotopic (exact) mass is 173 g/mol. The maximum Gasteiger partial charge on any atom is 0.166 e. The molecular formula is C7H11NO2S. The summed E-state index contributed by atoms with van der Waals surface area (Å²) in [5.41, 5.74) is 0. The van der Waals surface area contributed by atoms with Crippen molar-refractivity contribution in [2.45, 2.75) is 30.9 Å². The van der Waals surface area contributed by atoms with Crippen molar-refractivity contribution in [1.29, 1.82) is 5.26 Å². The minimum absolute atomic E-state index is 0.220. The van der Waals surface area contributed by atoms with Gasteiger partial charge in [0.25, 0.3) is 0 Å². The van der Waals surface area contributed by atoms with E-state index in [2.05, 4.69) is 0 Å². The van der Waals surface area contributed by atoms with E-state index in [9.17, 15) is 8.42 Å². The molecule has 1 aliphatic rings. The third-order valence-electron chi connectivity index (χ3n) is 2.08. The van der Waals surface area contributed by atoms with E-state index >= 15 is 0 Å². The molecule has 0 aromatic rings. The van der Waals surface area contributed by atoms with Crippen LogP contribution < -0.4 is 0 Å². The van der Waals surface area contributed by atoms with Gasteiger partial charge in [-0.05, 0) is 12.8 Å². The Morgan fingerprint density at radius 2 is 1.91 bits per heavy atom. The predicted molar refractivity (Wildman–Crippen MR) is 41.7 cm³/mol. The third-order valence-corrected chi connectivity index (χ3v) is 4.09. The molecule has 0 radical (unpaired) electrons. The van der Waals surface area contributed by atoms with Crippen molar-refractivity contribution in [3.05, 3.63) is 0 Å². The lowest BCUT2D eigenvalue weighted by Crippen LogP contribution is -2.19. The summed E-state index contributed by atoms with van der Waals surface area (Å²) in [5, 5.41) is 8.01. The largest absolute Gasteiger partial charge is 0.227 e. The van der Waals surface area contributed by atoms with Crippen molar-refractivity contribution in [3.63, 3.8) is 0 Å². The molecule has 0 aromatic carbocycles. The molecule has 0 saturated heterocycles. The summed E-state index contributed by atoms with van der Waals surface area (Å²) in [7, 11) is -3.07. The summed E-state index contributed by atoms with van der Waals surface area (Å²) in [6, 6.07) is 1.70. The second-order valence-corrected chi connectivity index (χ2v) is 5.15. The SMILES string of the molecule is N#CCS(=O)(=O)C1CCCC1. The fraction of sp³-hybridized carbons (Fsp3) is 0.857. The van der Waals surface area contributed by atoms with Crippen molar-refractivity contribution in [1.82, 2.24) is 0 Å². The normalized spacial score (nSPS) is 19.9. The Hall–Kier alpha value is -0.560. The predicted octanol–water partition coefficient (Wildman–Crippen LogP) is 0.867. The van der Waals surface area contributed by atoms with Crippen LogP contribution in [0.3, 0.4) is 0 Å². The van der Waals surface area contributed by atoms with Crippen LogP contribution in [0.5, 0.6) is 0 Å². The Labute approximate surface area is 66.9 Å². The first-order valence-electron chi connectivity index (χ1n) is 3.75. The maximum atomic E-state index is 11.2. The Bertz CT molecular complexity index is 257. The topological polar surface area (TPSA) is 57.9 Å². The molecule has 4 heteroatoms. The van der Waals surface area contributed by atoms with Gasteiger partial charge in [-0.3, -0.25) is 0 Å². The molecule has 0 bridgehead atoms. The molecule has 0 amide bonds. The minimum atomic E-state index is -3.07. The number of hydrogen-bond acceptors (Lipinski definition) is 3. The molecule has 0 spiro atoms. The van der Waals surface area contributed by atoms with E-state index in [1.807, 2.05) is 0 Å². The smallest absolute Gasteiger partial charge is 0.166 e. The van der Waals surface area contributed by atoms with Gasteiger partial charge in [0.2, 0.25) is 0 Å². The van der Waals surface area contributed by atoms with E-state index in [4.69, 9.17) is 5.26 Å². The van der Waals surface area contributed by atoms with Crippen LogP contribution in [0.15, 0.2) is 0 Å². The number of hydrogen-bond donors (Lipinski definition) is 0. The number of rotatable bonds is 2. The number of nitriles is 1. The first-order chi connectivity index (χ1) is 5.17. The van der Waals surface area contributed by atoms with Crippen LogP contribution in [0, 0.1) is 11.3 Å². The van der Waals surface area contributed by atoms with Crippen molar-refractivity contribution >= 4 is 9.84 Å². The van der Waals surface area contributed by atoms with Crippen LogP contribution in [-0.4, -0.2) is 19.4 Å². The first-order valence-corrected chi connectivity index (χ1v) is 5.47. The van der Waals surface area contributed by atoms with Gasteiger partial charge in [0.1, 0.15) is 5.75 Å². The summed E-state index contributed by atoms with van der Waals surface area (Å²) in [5.74, 6) is -0.308. The second kappa shape index (κ2) is 3.22. The first kappa shape index (κ1) is 8.54. The quantitative estimate of drug-likeness (QED) is 0.622. The molecule has 0 N–H and O–H groups in total. The average Bonchev–Trinajstić information content (AvgIpc) is 2.37. The molecule has 1 aliphatic carbocycles. The number of nitrogens with zero attached hydrogens (tertiary/aromatic N) is 1. The molecule has 0 unspecified atom stereocenters.